The summed E-state index contributed by atoms with van der Waals surface area (Å²) in [4.78, 5) is 2.26. The highest BCUT2D eigenvalue weighted by atomic mass is 32.1. The van der Waals surface area contributed by atoms with Crippen molar-refractivity contribution in [1.29, 1.82) is 5.41 Å². The lowest BCUT2D eigenvalue weighted by Crippen LogP contribution is -2.28. The highest BCUT2D eigenvalue weighted by molar-refractivity contribution is 7.16. The minimum Gasteiger partial charge on any atom is -0.317 e. The van der Waals surface area contributed by atoms with Crippen molar-refractivity contribution in [2.45, 2.75) is 25.2 Å². The largest absolute Gasteiger partial charge is 0.416 e. The quantitative estimate of drug-likeness (QED) is 0.862. The van der Waals surface area contributed by atoms with Crippen LogP contribution in [0.25, 0.3) is 10.2 Å². The summed E-state index contributed by atoms with van der Waals surface area (Å²) in [6, 6.07) is 2.37. The number of hydrogen-bond acceptors (Lipinski definition) is 3. The number of alkyl halides is 3. The fourth-order valence-electron chi connectivity index (χ4n) is 2.83. The fraction of sp³-hybridized carbons (Fsp3) is 0.462. The van der Waals surface area contributed by atoms with Gasteiger partial charge in [-0.15, -0.1) is 0 Å². The van der Waals surface area contributed by atoms with Gasteiger partial charge >= 0.3 is 6.18 Å². The SMILES string of the molecule is CN(C)C1CCn2c(=N)sc3cc(C(F)(F)F)cc1c32. The Hall–Kier alpha value is -1.34. The van der Waals surface area contributed by atoms with E-state index in [1.807, 2.05) is 23.6 Å². The molecule has 1 aliphatic heterocycles. The van der Waals surface area contributed by atoms with E-state index in [0.717, 1.165) is 29.3 Å². The van der Waals surface area contributed by atoms with Gasteiger partial charge < -0.3 is 9.47 Å². The van der Waals surface area contributed by atoms with Gasteiger partial charge in [-0.05, 0) is 38.2 Å². The lowest BCUT2D eigenvalue weighted by molar-refractivity contribution is -0.137. The molecular weight excluding hydrogens is 287 g/mol. The molecule has 1 aliphatic rings. The number of thiazole rings is 1. The summed E-state index contributed by atoms with van der Waals surface area (Å²) in [5, 5.41) is 7.92. The van der Waals surface area contributed by atoms with Gasteiger partial charge in [-0.25, -0.2) is 0 Å². The van der Waals surface area contributed by atoms with E-state index in [1.54, 1.807) is 0 Å². The van der Waals surface area contributed by atoms with Crippen molar-refractivity contribution < 1.29 is 13.2 Å². The van der Waals surface area contributed by atoms with Gasteiger partial charge in [0.05, 0.1) is 15.8 Å². The van der Waals surface area contributed by atoms with Gasteiger partial charge in [-0.3, -0.25) is 5.41 Å². The molecule has 0 amide bonds. The Morgan fingerprint density at radius 1 is 1.35 bits per heavy atom. The normalized spacial score (nSPS) is 19.0. The Kier molecular flexibility index (Phi) is 2.95. The van der Waals surface area contributed by atoms with Gasteiger partial charge in [0.15, 0.2) is 4.80 Å². The minimum absolute atomic E-state index is 0.0335. The van der Waals surface area contributed by atoms with E-state index < -0.39 is 11.7 Å². The number of aryl methyl sites for hydroxylation is 1. The van der Waals surface area contributed by atoms with Crippen molar-refractivity contribution >= 4 is 21.6 Å². The van der Waals surface area contributed by atoms with Crippen molar-refractivity contribution in [2.24, 2.45) is 0 Å². The zero-order valence-corrected chi connectivity index (χ0v) is 11.9. The van der Waals surface area contributed by atoms with Crippen LogP contribution in [0.5, 0.6) is 0 Å². The molecule has 108 valence electrons. The van der Waals surface area contributed by atoms with E-state index in [4.69, 9.17) is 5.41 Å². The van der Waals surface area contributed by atoms with Gasteiger partial charge in [-0.2, -0.15) is 13.2 Å². The van der Waals surface area contributed by atoms with Crippen LogP contribution in [0.2, 0.25) is 0 Å². The third-order valence-electron chi connectivity index (χ3n) is 3.76. The molecule has 0 saturated heterocycles. The number of halogens is 3. The van der Waals surface area contributed by atoms with Crippen molar-refractivity contribution in [3.63, 3.8) is 0 Å². The molecule has 1 aromatic carbocycles. The Morgan fingerprint density at radius 2 is 2.05 bits per heavy atom. The zero-order chi connectivity index (χ0) is 14.7. The molecule has 3 nitrogen and oxygen atoms in total. The first-order valence-corrected chi connectivity index (χ1v) is 7.06. The molecule has 0 bridgehead atoms. The molecule has 1 N–H and O–H groups in total. The van der Waals surface area contributed by atoms with Gasteiger partial charge in [-0.1, -0.05) is 11.3 Å². The summed E-state index contributed by atoms with van der Waals surface area (Å²) in [5.41, 5.74) is 0.848. The molecule has 1 unspecified atom stereocenters. The second-order valence-corrected chi connectivity index (χ2v) is 6.27. The van der Waals surface area contributed by atoms with Crippen LogP contribution >= 0.6 is 11.3 Å². The van der Waals surface area contributed by atoms with Crippen LogP contribution in [0.3, 0.4) is 0 Å². The Balaban J connectivity index is 2.35. The molecule has 2 heterocycles. The van der Waals surface area contributed by atoms with Crippen molar-refractivity contribution in [1.82, 2.24) is 9.47 Å². The lowest BCUT2D eigenvalue weighted by Gasteiger charge is -2.30. The molecule has 0 aliphatic carbocycles. The van der Waals surface area contributed by atoms with E-state index >= 15 is 0 Å². The third-order valence-corrected chi connectivity index (χ3v) is 4.71. The van der Waals surface area contributed by atoms with E-state index in [2.05, 4.69) is 0 Å². The molecule has 0 radical (unpaired) electrons. The highest BCUT2D eigenvalue weighted by Gasteiger charge is 2.34. The van der Waals surface area contributed by atoms with Crippen LogP contribution < -0.4 is 4.80 Å². The summed E-state index contributed by atoms with van der Waals surface area (Å²) in [7, 11) is 3.75. The Bertz CT molecular complexity index is 727. The van der Waals surface area contributed by atoms with Crippen LogP contribution in [0.1, 0.15) is 23.6 Å². The molecule has 0 saturated carbocycles. The van der Waals surface area contributed by atoms with Crippen LogP contribution in [0, 0.1) is 5.41 Å². The van der Waals surface area contributed by atoms with E-state index in [-0.39, 0.29) is 6.04 Å². The maximum Gasteiger partial charge on any atom is 0.416 e. The predicted octanol–water partition coefficient (Wildman–Crippen LogP) is 3.21. The lowest BCUT2D eigenvalue weighted by atomic mass is 9.96. The molecule has 7 heteroatoms. The van der Waals surface area contributed by atoms with E-state index in [0.29, 0.717) is 21.6 Å². The van der Waals surface area contributed by atoms with Gasteiger partial charge in [0, 0.05) is 12.6 Å². The minimum atomic E-state index is -4.35. The number of nitrogens with one attached hydrogen (secondary N) is 1. The molecule has 1 atom stereocenters. The van der Waals surface area contributed by atoms with Crippen LogP contribution in [0.15, 0.2) is 12.1 Å². The molecule has 3 rings (SSSR count). The summed E-state index contributed by atoms with van der Waals surface area (Å²) in [6.07, 6.45) is -3.63. The number of rotatable bonds is 1. The predicted molar refractivity (Wildman–Crippen MR) is 71.7 cm³/mol. The number of aromatic nitrogens is 1. The molecule has 0 spiro atoms. The van der Waals surface area contributed by atoms with Crippen molar-refractivity contribution in [3.8, 4) is 0 Å². The summed E-state index contributed by atoms with van der Waals surface area (Å²) in [6.45, 7) is 0.681. The maximum absolute atomic E-state index is 13.0. The Labute approximate surface area is 117 Å². The molecule has 2 aromatic rings. The third kappa shape index (κ3) is 1.96. The van der Waals surface area contributed by atoms with E-state index in [1.165, 1.54) is 6.07 Å². The number of nitrogens with zero attached hydrogens (tertiary/aromatic N) is 2. The topological polar surface area (TPSA) is 32.0 Å². The summed E-state index contributed by atoms with van der Waals surface area (Å²) < 4.78 is 41.4. The van der Waals surface area contributed by atoms with E-state index in [9.17, 15) is 13.2 Å². The van der Waals surface area contributed by atoms with Crippen LogP contribution in [-0.2, 0) is 12.7 Å². The fourth-order valence-corrected chi connectivity index (χ4v) is 3.84. The zero-order valence-electron chi connectivity index (χ0n) is 11.1. The van der Waals surface area contributed by atoms with Crippen LogP contribution in [-0.4, -0.2) is 23.6 Å². The molecule has 1 aromatic heterocycles. The standard InChI is InChI=1S/C13H14F3N3S/c1-18(2)9-3-4-19-11-8(9)5-7(13(14,15)16)6-10(11)20-12(19)17/h5-6,9,17H,3-4H2,1-2H3. The number of benzene rings is 1. The second-order valence-electron chi connectivity index (χ2n) is 5.24. The monoisotopic (exact) mass is 301 g/mol. The first-order valence-electron chi connectivity index (χ1n) is 6.24. The first kappa shape index (κ1) is 13.6. The van der Waals surface area contributed by atoms with Crippen LogP contribution in [0.4, 0.5) is 13.2 Å². The second kappa shape index (κ2) is 4.33. The van der Waals surface area contributed by atoms with Gasteiger partial charge in [0.1, 0.15) is 0 Å². The maximum atomic E-state index is 13.0. The first-order chi connectivity index (χ1) is 9.29. The molecular formula is C13H14F3N3S. The smallest absolute Gasteiger partial charge is 0.317 e. The van der Waals surface area contributed by atoms with Gasteiger partial charge in [0.25, 0.3) is 0 Å². The Morgan fingerprint density at radius 3 is 2.65 bits per heavy atom. The van der Waals surface area contributed by atoms with Crippen molar-refractivity contribution in [2.75, 3.05) is 14.1 Å². The highest BCUT2D eigenvalue weighted by Crippen LogP contribution is 2.40. The van der Waals surface area contributed by atoms with Crippen molar-refractivity contribution in [3.05, 3.63) is 28.1 Å². The van der Waals surface area contributed by atoms with Gasteiger partial charge in [0.2, 0.25) is 0 Å². The summed E-state index contributed by atoms with van der Waals surface area (Å²) in [5.74, 6) is 0. The average Bonchev–Trinajstić information content (AvgIpc) is 2.66. The average molecular weight is 301 g/mol. The molecule has 20 heavy (non-hydrogen) atoms. The number of hydrogen-bond donors (Lipinski definition) is 1. The molecule has 0 fully saturated rings. The summed E-state index contributed by atoms with van der Waals surface area (Å²) >= 11 is 1.11.